The number of nitrogens with one attached hydrogen (secondary N) is 1. The summed E-state index contributed by atoms with van der Waals surface area (Å²) in [5.41, 5.74) is 4.49. The number of nitrogens with zero attached hydrogens (tertiary/aromatic N) is 1. The van der Waals surface area contributed by atoms with E-state index in [1.807, 2.05) is 69.3 Å². The van der Waals surface area contributed by atoms with Crippen LogP contribution in [0.1, 0.15) is 26.6 Å². The molecule has 1 aromatic heterocycles. The van der Waals surface area contributed by atoms with E-state index in [-0.39, 0.29) is 5.91 Å². The van der Waals surface area contributed by atoms with Crippen molar-refractivity contribution in [2.45, 2.75) is 20.8 Å². The van der Waals surface area contributed by atoms with E-state index >= 15 is 0 Å². The number of hydrogen-bond donors (Lipinski definition) is 1. The monoisotopic (exact) mass is 322 g/mol. The summed E-state index contributed by atoms with van der Waals surface area (Å²) in [6.07, 6.45) is 0. The van der Waals surface area contributed by atoms with Crippen LogP contribution in [-0.4, -0.2) is 10.9 Å². The number of carbonyl (C=O) groups excluding carboxylic acids is 1. The Hall–Kier alpha value is -2.46. The maximum Gasteiger partial charge on any atom is 0.275 e. The van der Waals surface area contributed by atoms with E-state index in [9.17, 15) is 4.79 Å². The maximum absolute atomic E-state index is 12.7. The number of benzene rings is 2. The average Bonchev–Trinajstić information content (AvgIpc) is 2.94. The van der Waals surface area contributed by atoms with Gasteiger partial charge >= 0.3 is 0 Å². The van der Waals surface area contributed by atoms with Gasteiger partial charge in [0.15, 0.2) is 0 Å². The molecule has 3 nitrogen and oxygen atoms in total. The van der Waals surface area contributed by atoms with Crippen molar-refractivity contribution in [2.75, 3.05) is 5.32 Å². The third-order valence-electron chi connectivity index (χ3n) is 3.63. The van der Waals surface area contributed by atoms with Gasteiger partial charge in [0.25, 0.3) is 5.91 Å². The highest BCUT2D eigenvalue weighted by Gasteiger charge is 2.18. The first-order chi connectivity index (χ1) is 11.0. The molecule has 0 aliphatic heterocycles. The molecule has 0 saturated heterocycles. The SMILES string of the molecule is Cc1ccc(C)c(NC(=O)c2nc(C)sc2-c2ccccc2)c1. The van der Waals surface area contributed by atoms with E-state index in [2.05, 4.69) is 10.3 Å². The third-order valence-corrected chi connectivity index (χ3v) is 4.65. The van der Waals surface area contributed by atoms with Crippen LogP contribution < -0.4 is 5.32 Å². The number of amides is 1. The van der Waals surface area contributed by atoms with Gasteiger partial charge in [-0.25, -0.2) is 4.98 Å². The van der Waals surface area contributed by atoms with Crippen molar-refractivity contribution >= 4 is 22.9 Å². The second-order valence-corrected chi connectivity index (χ2v) is 6.75. The minimum absolute atomic E-state index is 0.165. The molecule has 0 atom stereocenters. The van der Waals surface area contributed by atoms with E-state index in [1.165, 1.54) is 0 Å². The molecule has 1 N–H and O–H groups in total. The molecule has 0 aliphatic carbocycles. The molecule has 4 heteroatoms. The second-order valence-electron chi connectivity index (χ2n) is 5.55. The van der Waals surface area contributed by atoms with Crippen LogP contribution in [0, 0.1) is 20.8 Å². The number of rotatable bonds is 3. The van der Waals surface area contributed by atoms with Crippen molar-refractivity contribution in [3.05, 3.63) is 70.4 Å². The zero-order valence-corrected chi connectivity index (χ0v) is 14.2. The second kappa shape index (κ2) is 6.34. The number of aryl methyl sites for hydroxylation is 3. The Bertz CT molecular complexity index is 853. The highest BCUT2D eigenvalue weighted by molar-refractivity contribution is 7.15. The standard InChI is InChI=1S/C19H18N2OS/c1-12-9-10-13(2)16(11-12)21-19(22)17-18(23-14(3)20-17)15-7-5-4-6-8-15/h4-11H,1-3H3,(H,21,22). The first-order valence-corrected chi connectivity index (χ1v) is 8.27. The lowest BCUT2D eigenvalue weighted by Gasteiger charge is -2.09. The van der Waals surface area contributed by atoms with Gasteiger partial charge in [-0.2, -0.15) is 0 Å². The van der Waals surface area contributed by atoms with Crippen molar-refractivity contribution < 1.29 is 4.79 Å². The lowest BCUT2D eigenvalue weighted by atomic mass is 10.1. The number of thiazole rings is 1. The van der Waals surface area contributed by atoms with Crippen molar-refractivity contribution in [3.63, 3.8) is 0 Å². The summed E-state index contributed by atoms with van der Waals surface area (Å²) >= 11 is 1.54. The zero-order valence-electron chi connectivity index (χ0n) is 13.4. The van der Waals surface area contributed by atoms with Gasteiger partial charge in [0.1, 0.15) is 5.69 Å². The van der Waals surface area contributed by atoms with Crippen LogP contribution >= 0.6 is 11.3 Å². The van der Waals surface area contributed by atoms with Crippen LogP contribution in [0.25, 0.3) is 10.4 Å². The van der Waals surface area contributed by atoms with Crippen LogP contribution in [0.15, 0.2) is 48.5 Å². The van der Waals surface area contributed by atoms with Crippen molar-refractivity contribution in [3.8, 4) is 10.4 Å². The number of anilines is 1. The van der Waals surface area contributed by atoms with Crippen LogP contribution in [0.2, 0.25) is 0 Å². The van der Waals surface area contributed by atoms with E-state index in [0.717, 1.165) is 32.3 Å². The Morgan fingerprint density at radius 2 is 1.78 bits per heavy atom. The Labute approximate surface area is 140 Å². The molecule has 2 aromatic carbocycles. The molecule has 0 saturated carbocycles. The van der Waals surface area contributed by atoms with Gasteiger partial charge in [0.2, 0.25) is 0 Å². The molecular formula is C19H18N2OS. The van der Waals surface area contributed by atoms with Gasteiger partial charge in [-0.1, -0.05) is 42.5 Å². The molecule has 0 radical (unpaired) electrons. The summed E-state index contributed by atoms with van der Waals surface area (Å²) in [5.74, 6) is -0.165. The molecule has 0 spiro atoms. The van der Waals surface area contributed by atoms with Gasteiger partial charge in [-0.05, 0) is 43.5 Å². The summed E-state index contributed by atoms with van der Waals surface area (Å²) in [6.45, 7) is 5.92. The van der Waals surface area contributed by atoms with Crippen LogP contribution in [0.4, 0.5) is 5.69 Å². The third kappa shape index (κ3) is 3.32. The minimum Gasteiger partial charge on any atom is -0.320 e. The Balaban J connectivity index is 1.96. The van der Waals surface area contributed by atoms with Crippen LogP contribution in [0.3, 0.4) is 0 Å². The summed E-state index contributed by atoms with van der Waals surface area (Å²) < 4.78 is 0. The predicted octanol–water partition coefficient (Wildman–Crippen LogP) is 4.99. The largest absolute Gasteiger partial charge is 0.320 e. The Kier molecular flexibility index (Phi) is 4.26. The smallest absolute Gasteiger partial charge is 0.275 e. The first kappa shape index (κ1) is 15.4. The molecule has 3 aromatic rings. The van der Waals surface area contributed by atoms with Gasteiger partial charge < -0.3 is 5.32 Å². The Morgan fingerprint density at radius 1 is 1.04 bits per heavy atom. The lowest BCUT2D eigenvalue weighted by molar-refractivity contribution is 0.102. The molecule has 3 rings (SSSR count). The Morgan fingerprint density at radius 3 is 2.52 bits per heavy atom. The van der Waals surface area contributed by atoms with Gasteiger partial charge in [-0.3, -0.25) is 4.79 Å². The number of hydrogen-bond acceptors (Lipinski definition) is 3. The van der Waals surface area contributed by atoms with E-state index < -0.39 is 0 Å². The van der Waals surface area contributed by atoms with E-state index in [0.29, 0.717) is 5.69 Å². The molecule has 0 unspecified atom stereocenters. The van der Waals surface area contributed by atoms with Crippen molar-refractivity contribution in [2.24, 2.45) is 0 Å². The first-order valence-electron chi connectivity index (χ1n) is 7.46. The van der Waals surface area contributed by atoms with E-state index in [1.54, 1.807) is 11.3 Å². The number of carbonyl (C=O) groups is 1. The fourth-order valence-corrected chi connectivity index (χ4v) is 3.34. The molecule has 1 amide bonds. The lowest BCUT2D eigenvalue weighted by Crippen LogP contribution is -2.14. The molecule has 23 heavy (non-hydrogen) atoms. The average molecular weight is 322 g/mol. The molecule has 0 aliphatic rings. The normalized spacial score (nSPS) is 10.6. The molecule has 1 heterocycles. The molecule has 116 valence electrons. The summed E-state index contributed by atoms with van der Waals surface area (Å²) in [4.78, 5) is 18.1. The van der Waals surface area contributed by atoms with Crippen LogP contribution in [0.5, 0.6) is 0 Å². The predicted molar refractivity (Wildman–Crippen MR) is 96.2 cm³/mol. The van der Waals surface area contributed by atoms with Crippen molar-refractivity contribution in [1.82, 2.24) is 4.98 Å². The summed E-state index contributed by atoms with van der Waals surface area (Å²) in [6, 6.07) is 15.9. The van der Waals surface area contributed by atoms with Crippen molar-refractivity contribution in [1.29, 1.82) is 0 Å². The summed E-state index contributed by atoms with van der Waals surface area (Å²) in [7, 11) is 0. The molecular weight excluding hydrogens is 304 g/mol. The number of aromatic nitrogens is 1. The highest BCUT2D eigenvalue weighted by atomic mass is 32.1. The zero-order chi connectivity index (χ0) is 16.4. The topological polar surface area (TPSA) is 42.0 Å². The van der Waals surface area contributed by atoms with E-state index in [4.69, 9.17) is 0 Å². The molecule has 0 fully saturated rings. The quantitative estimate of drug-likeness (QED) is 0.738. The molecule has 0 bridgehead atoms. The highest BCUT2D eigenvalue weighted by Crippen LogP contribution is 2.30. The fourth-order valence-electron chi connectivity index (χ4n) is 2.42. The minimum atomic E-state index is -0.165. The maximum atomic E-state index is 12.7. The van der Waals surface area contributed by atoms with Gasteiger partial charge in [0, 0.05) is 5.69 Å². The van der Waals surface area contributed by atoms with Gasteiger partial charge in [0.05, 0.1) is 9.88 Å². The summed E-state index contributed by atoms with van der Waals surface area (Å²) in [5, 5.41) is 3.88. The van der Waals surface area contributed by atoms with Crippen LogP contribution in [-0.2, 0) is 0 Å². The van der Waals surface area contributed by atoms with Gasteiger partial charge in [-0.15, -0.1) is 11.3 Å². The fraction of sp³-hybridized carbons (Fsp3) is 0.158.